The quantitative estimate of drug-likeness (QED) is 0.759. The molecule has 0 spiro atoms. The summed E-state index contributed by atoms with van der Waals surface area (Å²) in [6, 6.07) is 11.8. The largest absolute Gasteiger partial charge is 0.484 e. The zero-order chi connectivity index (χ0) is 16.9. The van der Waals surface area contributed by atoms with E-state index in [1.807, 2.05) is 60.1 Å². The topological polar surface area (TPSA) is 55.6 Å². The zero-order valence-corrected chi connectivity index (χ0v) is 14.0. The molecule has 5 heteroatoms. The van der Waals surface area contributed by atoms with Gasteiger partial charge in [-0.1, -0.05) is 25.1 Å². The number of hydrogen-bond donors (Lipinski definition) is 1. The monoisotopic (exact) mass is 323 g/mol. The van der Waals surface area contributed by atoms with Crippen LogP contribution in [0.5, 0.6) is 5.75 Å². The lowest BCUT2D eigenvalue weighted by Crippen LogP contribution is -2.28. The Morgan fingerprint density at radius 3 is 2.96 bits per heavy atom. The number of benzene rings is 1. The number of fused-ring (bicyclic) bond motifs is 1. The summed E-state index contributed by atoms with van der Waals surface area (Å²) < 4.78 is 7.50. The van der Waals surface area contributed by atoms with Crippen molar-refractivity contribution in [1.82, 2.24) is 14.7 Å². The predicted octanol–water partition coefficient (Wildman–Crippen LogP) is 2.90. The Balaban J connectivity index is 1.54. The average Bonchev–Trinajstić information content (AvgIpc) is 3.03. The highest BCUT2D eigenvalue weighted by Gasteiger charge is 2.07. The first kappa shape index (κ1) is 16.1. The van der Waals surface area contributed by atoms with Crippen molar-refractivity contribution in [3.63, 3.8) is 0 Å². The minimum absolute atomic E-state index is 0.000430. The molecule has 24 heavy (non-hydrogen) atoms. The number of aromatic nitrogens is 2. The van der Waals surface area contributed by atoms with Gasteiger partial charge in [0, 0.05) is 12.4 Å². The Kier molecular flexibility index (Phi) is 4.79. The van der Waals surface area contributed by atoms with Crippen molar-refractivity contribution < 1.29 is 9.53 Å². The average molecular weight is 323 g/mol. The summed E-state index contributed by atoms with van der Waals surface area (Å²) in [5.41, 5.74) is 4.03. The van der Waals surface area contributed by atoms with Crippen LogP contribution in [0.1, 0.15) is 23.7 Å². The van der Waals surface area contributed by atoms with Crippen molar-refractivity contribution in [2.45, 2.75) is 26.8 Å². The van der Waals surface area contributed by atoms with Crippen LogP contribution in [0.4, 0.5) is 0 Å². The molecule has 0 aliphatic heterocycles. The van der Waals surface area contributed by atoms with E-state index in [4.69, 9.17) is 4.74 Å². The van der Waals surface area contributed by atoms with E-state index in [-0.39, 0.29) is 12.5 Å². The van der Waals surface area contributed by atoms with Crippen molar-refractivity contribution >= 4 is 11.6 Å². The molecule has 0 bridgehead atoms. The Morgan fingerprint density at radius 2 is 2.17 bits per heavy atom. The van der Waals surface area contributed by atoms with Gasteiger partial charge in [-0.15, -0.1) is 0 Å². The number of amides is 1. The maximum absolute atomic E-state index is 12.0. The van der Waals surface area contributed by atoms with Crippen LogP contribution in [0.3, 0.4) is 0 Å². The number of aryl methyl sites for hydroxylation is 2. The second-order valence-electron chi connectivity index (χ2n) is 5.72. The molecule has 1 amide bonds. The van der Waals surface area contributed by atoms with Crippen LogP contribution in [-0.4, -0.2) is 21.9 Å². The minimum Gasteiger partial charge on any atom is -0.484 e. The van der Waals surface area contributed by atoms with Crippen LogP contribution in [0.25, 0.3) is 5.65 Å². The molecule has 1 N–H and O–H groups in total. The number of pyridine rings is 1. The molecule has 0 aliphatic carbocycles. The van der Waals surface area contributed by atoms with Crippen molar-refractivity contribution in [3.05, 3.63) is 65.6 Å². The summed E-state index contributed by atoms with van der Waals surface area (Å²) in [7, 11) is 0. The highest BCUT2D eigenvalue weighted by molar-refractivity contribution is 5.77. The van der Waals surface area contributed by atoms with E-state index in [9.17, 15) is 4.79 Å². The first-order valence-electron chi connectivity index (χ1n) is 8.07. The molecule has 2 heterocycles. The van der Waals surface area contributed by atoms with E-state index < -0.39 is 0 Å². The lowest BCUT2D eigenvalue weighted by Gasteiger charge is -2.07. The number of imidazole rings is 1. The van der Waals surface area contributed by atoms with Crippen molar-refractivity contribution in [3.8, 4) is 5.75 Å². The molecular weight excluding hydrogens is 302 g/mol. The van der Waals surface area contributed by atoms with E-state index in [1.54, 1.807) is 0 Å². The van der Waals surface area contributed by atoms with Crippen LogP contribution < -0.4 is 10.1 Å². The summed E-state index contributed by atoms with van der Waals surface area (Å²) in [6.45, 7) is 4.49. The number of ether oxygens (including phenoxy) is 1. The van der Waals surface area contributed by atoms with Crippen molar-refractivity contribution in [2.24, 2.45) is 0 Å². The molecule has 0 atom stereocenters. The van der Waals surface area contributed by atoms with Gasteiger partial charge in [-0.3, -0.25) is 4.79 Å². The fraction of sp³-hybridized carbons (Fsp3) is 0.263. The van der Waals surface area contributed by atoms with Crippen LogP contribution in [0, 0.1) is 6.92 Å². The second-order valence-corrected chi connectivity index (χ2v) is 5.72. The maximum atomic E-state index is 12.0. The maximum Gasteiger partial charge on any atom is 0.258 e. The third-order valence-electron chi connectivity index (χ3n) is 3.87. The Labute approximate surface area is 141 Å². The number of hydrogen-bond acceptors (Lipinski definition) is 3. The van der Waals surface area contributed by atoms with Gasteiger partial charge in [0.2, 0.25) is 0 Å². The molecule has 3 aromatic rings. The third kappa shape index (κ3) is 3.74. The SMILES string of the molecule is CCc1cccc(OCC(=O)NCc2cn3cccc(C)c3n2)c1. The van der Waals surface area contributed by atoms with Crippen LogP contribution >= 0.6 is 0 Å². The number of nitrogens with zero attached hydrogens (tertiary/aromatic N) is 2. The van der Waals surface area contributed by atoms with E-state index in [2.05, 4.69) is 17.2 Å². The smallest absolute Gasteiger partial charge is 0.258 e. The number of carbonyl (C=O) groups excluding carboxylic acids is 1. The predicted molar refractivity (Wildman–Crippen MR) is 93.1 cm³/mol. The molecule has 2 aromatic heterocycles. The first-order valence-corrected chi connectivity index (χ1v) is 8.07. The summed E-state index contributed by atoms with van der Waals surface area (Å²) >= 11 is 0. The van der Waals surface area contributed by atoms with E-state index in [0.717, 1.165) is 23.3 Å². The van der Waals surface area contributed by atoms with Gasteiger partial charge in [0.05, 0.1) is 12.2 Å². The van der Waals surface area contributed by atoms with E-state index in [1.165, 1.54) is 5.56 Å². The van der Waals surface area contributed by atoms with Crippen molar-refractivity contribution in [1.29, 1.82) is 0 Å². The van der Waals surface area contributed by atoms with Crippen LogP contribution in [-0.2, 0) is 17.8 Å². The highest BCUT2D eigenvalue weighted by atomic mass is 16.5. The van der Waals surface area contributed by atoms with Crippen LogP contribution in [0.2, 0.25) is 0 Å². The molecule has 0 saturated heterocycles. The van der Waals surface area contributed by atoms with Crippen molar-refractivity contribution in [2.75, 3.05) is 6.61 Å². The molecule has 0 saturated carbocycles. The molecule has 3 rings (SSSR count). The van der Waals surface area contributed by atoms with Gasteiger partial charge >= 0.3 is 0 Å². The third-order valence-corrected chi connectivity index (χ3v) is 3.87. The molecular formula is C19H21N3O2. The lowest BCUT2D eigenvalue weighted by atomic mass is 10.2. The standard InChI is InChI=1S/C19H21N3O2/c1-3-15-7-4-8-17(10-15)24-13-18(23)20-11-16-12-22-9-5-6-14(2)19(22)21-16/h4-10,12H,3,11,13H2,1-2H3,(H,20,23). The summed E-state index contributed by atoms with van der Waals surface area (Å²) in [5.74, 6) is 0.554. The van der Waals surface area contributed by atoms with E-state index in [0.29, 0.717) is 12.3 Å². The van der Waals surface area contributed by atoms with Gasteiger partial charge in [0.25, 0.3) is 5.91 Å². The molecule has 0 aliphatic rings. The molecule has 0 unspecified atom stereocenters. The summed E-state index contributed by atoms with van der Waals surface area (Å²) in [5, 5.41) is 2.84. The fourth-order valence-corrected chi connectivity index (χ4v) is 2.53. The molecule has 0 fully saturated rings. The van der Waals surface area contributed by atoms with Gasteiger partial charge in [-0.25, -0.2) is 4.98 Å². The zero-order valence-electron chi connectivity index (χ0n) is 14.0. The molecule has 1 aromatic carbocycles. The van der Waals surface area contributed by atoms with Gasteiger partial charge in [-0.2, -0.15) is 0 Å². The molecule has 0 radical (unpaired) electrons. The van der Waals surface area contributed by atoms with Gasteiger partial charge in [0.15, 0.2) is 6.61 Å². The van der Waals surface area contributed by atoms with Crippen LogP contribution in [0.15, 0.2) is 48.8 Å². The number of rotatable bonds is 6. The second kappa shape index (κ2) is 7.17. The fourth-order valence-electron chi connectivity index (χ4n) is 2.53. The number of nitrogens with one attached hydrogen (secondary N) is 1. The Hall–Kier alpha value is -2.82. The highest BCUT2D eigenvalue weighted by Crippen LogP contribution is 2.13. The van der Waals surface area contributed by atoms with Gasteiger partial charge in [0.1, 0.15) is 11.4 Å². The molecule has 124 valence electrons. The Bertz CT molecular complexity index is 855. The van der Waals surface area contributed by atoms with Gasteiger partial charge < -0.3 is 14.5 Å². The first-order chi connectivity index (χ1) is 11.7. The molecule has 5 nitrogen and oxygen atoms in total. The minimum atomic E-state index is -0.161. The summed E-state index contributed by atoms with van der Waals surface area (Å²) in [4.78, 5) is 16.5. The van der Waals surface area contributed by atoms with E-state index >= 15 is 0 Å². The normalized spacial score (nSPS) is 10.8. The Morgan fingerprint density at radius 1 is 1.29 bits per heavy atom. The van der Waals surface area contributed by atoms with Gasteiger partial charge in [-0.05, 0) is 42.7 Å². The summed E-state index contributed by atoms with van der Waals surface area (Å²) in [6.07, 6.45) is 4.81. The number of carbonyl (C=O) groups is 1. The lowest BCUT2D eigenvalue weighted by molar-refractivity contribution is -0.123.